The van der Waals surface area contributed by atoms with Gasteiger partial charge in [-0.15, -0.1) is 0 Å². The summed E-state index contributed by atoms with van der Waals surface area (Å²) < 4.78 is 0. The SMILES string of the molecule is Cc1ccccc1C(N)c1cc(Cl)cc(Cl)c1. The summed E-state index contributed by atoms with van der Waals surface area (Å²) in [6.07, 6.45) is 0. The first-order valence-corrected chi connectivity index (χ1v) is 6.10. The zero-order valence-corrected chi connectivity index (χ0v) is 11.0. The van der Waals surface area contributed by atoms with Gasteiger partial charge in [0.1, 0.15) is 0 Å². The molecule has 17 heavy (non-hydrogen) atoms. The van der Waals surface area contributed by atoms with Crippen LogP contribution in [0.25, 0.3) is 0 Å². The molecule has 0 saturated heterocycles. The van der Waals surface area contributed by atoms with Crippen LogP contribution in [0.5, 0.6) is 0 Å². The Balaban J connectivity index is 2.43. The third-order valence-electron chi connectivity index (χ3n) is 2.77. The Morgan fingerprint density at radius 1 is 1.00 bits per heavy atom. The molecular weight excluding hydrogens is 253 g/mol. The van der Waals surface area contributed by atoms with Gasteiger partial charge in [0.2, 0.25) is 0 Å². The van der Waals surface area contributed by atoms with Crippen LogP contribution in [-0.2, 0) is 0 Å². The van der Waals surface area contributed by atoms with Crippen LogP contribution in [0.3, 0.4) is 0 Å². The van der Waals surface area contributed by atoms with Crippen molar-refractivity contribution in [3.63, 3.8) is 0 Å². The van der Waals surface area contributed by atoms with Gasteiger partial charge in [-0.1, -0.05) is 47.5 Å². The Morgan fingerprint density at radius 3 is 2.18 bits per heavy atom. The quantitative estimate of drug-likeness (QED) is 0.859. The normalized spacial score (nSPS) is 12.5. The van der Waals surface area contributed by atoms with E-state index < -0.39 is 0 Å². The van der Waals surface area contributed by atoms with E-state index in [-0.39, 0.29) is 6.04 Å². The summed E-state index contributed by atoms with van der Waals surface area (Å²) in [7, 11) is 0. The Hall–Kier alpha value is -1.02. The van der Waals surface area contributed by atoms with Gasteiger partial charge in [0.05, 0.1) is 6.04 Å². The van der Waals surface area contributed by atoms with Crippen molar-refractivity contribution in [1.82, 2.24) is 0 Å². The standard InChI is InChI=1S/C14H13Cl2N/c1-9-4-2-3-5-13(9)14(17)10-6-11(15)8-12(16)7-10/h2-8,14H,17H2,1H3. The van der Waals surface area contributed by atoms with Crippen molar-refractivity contribution in [2.45, 2.75) is 13.0 Å². The van der Waals surface area contributed by atoms with Crippen LogP contribution in [0.2, 0.25) is 10.0 Å². The Kier molecular flexibility index (Phi) is 3.72. The molecule has 1 atom stereocenters. The molecule has 0 aromatic heterocycles. The van der Waals surface area contributed by atoms with Crippen molar-refractivity contribution in [1.29, 1.82) is 0 Å². The van der Waals surface area contributed by atoms with Crippen LogP contribution in [-0.4, -0.2) is 0 Å². The molecule has 3 heteroatoms. The minimum Gasteiger partial charge on any atom is -0.320 e. The molecule has 0 heterocycles. The maximum Gasteiger partial charge on any atom is 0.0555 e. The Bertz CT molecular complexity index is 517. The molecule has 0 bridgehead atoms. The fourth-order valence-electron chi connectivity index (χ4n) is 1.87. The van der Waals surface area contributed by atoms with Gasteiger partial charge in [0.25, 0.3) is 0 Å². The molecule has 2 rings (SSSR count). The van der Waals surface area contributed by atoms with E-state index in [2.05, 4.69) is 0 Å². The molecule has 1 nitrogen and oxygen atoms in total. The molecule has 0 fully saturated rings. The van der Waals surface area contributed by atoms with Gasteiger partial charge >= 0.3 is 0 Å². The minimum atomic E-state index is -0.201. The molecule has 1 unspecified atom stereocenters. The summed E-state index contributed by atoms with van der Waals surface area (Å²) >= 11 is 12.0. The highest BCUT2D eigenvalue weighted by atomic mass is 35.5. The summed E-state index contributed by atoms with van der Waals surface area (Å²) in [5.74, 6) is 0. The van der Waals surface area contributed by atoms with Crippen molar-refractivity contribution in [2.24, 2.45) is 5.73 Å². The predicted molar refractivity (Wildman–Crippen MR) is 73.7 cm³/mol. The topological polar surface area (TPSA) is 26.0 Å². The first kappa shape index (κ1) is 12.4. The lowest BCUT2D eigenvalue weighted by Crippen LogP contribution is -2.13. The molecule has 0 aliphatic rings. The van der Waals surface area contributed by atoms with Gasteiger partial charge in [-0.2, -0.15) is 0 Å². The van der Waals surface area contributed by atoms with E-state index >= 15 is 0 Å². The largest absolute Gasteiger partial charge is 0.320 e. The lowest BCUT2D eigenvalue weighted by Gasteiger charge is -2.15. The number of hydrogen-bond acceptors (Lipinski definition) is 1. The van der Waals surface area contributed by atoms with E-state index in [4.69, 9.17) is 28.9 Å². The maximum atomic E-state index is 6.24. The van der Waals surface area contributed by atoms with Crippen LogP contribution in [0.15, 0.2) is 42.5 Å². The second-order valence-electron chi connectivity index (χ2n) is 4.04. The van der Waals surface area contributed by atoms with Crippen molar-refractivity contribution < 1.29 is 0 Å². The van der Waals surface area contributed by atoms with Crippen molar-refractivity contribution >= 4 is 23.2 Å². The van der Waals surface area contributed by atoms with Crippen LogP contribution < -0.4 is 5.73 Å². The Labute approximate surface area is 111 Å². The summed E-state index contributed by atoms with van der Waals surface area (Å²) in [6.45, 7) is 2.04. The van der Waals surface area contributed by atoms with Crippen molar-refractivity contribution in [2.75, 3.05) is 0 Å². The lowest BCUT2D eigenvalue weighted by atomic mass is 9.96. The molecule has 0 spiro atoms. The van der Waals surface area contributed by atoms with E-state index in [9.17, 15) is 0 Å². The second kappa shape index (κ2) is 5.09. The van der Waals surface area contributed by atoms with Crippen LogP contribution in [0.4, 0.5) is 0 Å². The fraction of sp³-hybridized carbons (Fsp3) is 0.143. The zero-order chi connectivity index (χ0) is 12.4. The van der Waals surface area contributed by atoms with Crippen molar-refractivity contribution in [3.05, 3.63) is 69.2 Å². The molecule has 0 aliphatic heterocycles. The summed E-state index contributed by atoms with van der Waals surface area (Å²) in [6, 6.07) is 13.3. The van der Waals surface area contributed by atoms with E-state index in [1.165, 1.54) is 0 Å². The fourth-order valence-corrected chi connectivity index (χ4v) is 2.41. The lowest BCUT2D eigenvalue weighted by molar-refractivity contribution is 0.862. The van der Waals surface area contributed by atoms with Gasteiger partial charge in [0, 0.05) is 10.0 Å². The predicted octanol–water partition coefficient (Wildman–Crippen LogP) is 4.35. The molecular formula is C14H13Cl2N. The van der Waals surface area contributed by atoms with Gasteiger partial charge in [-0.25, -0.2) is 0 Å². The average Bonchev–Trinajstić information content (AvgIpc) is 2.27. The van der Waals surface area contributed by atoms with E-state index in [0.717, 1.165) is 16.7 Å². The smallest absolute Gasteiger partial charge is 0.0555 e. The van der Waals surface area contributed by atoms with E-state index in [1.807, 2.05) is 43.3 Å². The first-order chi connectivity index (χ1) is 8.08. The third kappa shape index (κ3) is 2.81. The Morgan fingerprint density at radius 2 is 1.59 bits per heavy atom. The number of halogens is 2. The monoisotopic (exact) mass is 265 g/mol. The number of nitrogens with two attached hydrogens (primary N) is 1. The number of aryl methyl sites for hydroxylation is 1. The van der Waals surface area contributed by atoms with Gasteiger partial charge in [-0.05, 0) is 41.8 Å². The number of hydrogen-bond donors (Lipinski definition) is 1. The van der Waals surface area contributed by atoms with E-state index in [1.54, 1.807) is 6.07 Å². The third-order valence-corrected chi connectivity index (χ3v) is 3.20. The van der Waals surface area contributed by atoms with Gasteiger partial charge in [-0.3, -0.25) is 0 Å². The summed E-state index contributed by atoms with van der Waals surface area (Å²) in [5, 5.41) is 1.22. The molecule has 0 aliphatic carbocycles. The van der Waals surface area contributed by atoms with Gasteiger partial charge in [0.15, 0.2) is 0 Å². The minimum absolute atomic E-state index is 0.201. The van der Waals surface area contributed by atoms with Crippen LogP contribution in [0.1, 0.15) is 22.7 Å². The number of benzene rings is 2. The molecule has 0 radical (unpaired) electrons. The molecule has 88 valence electrons. The van der Waals surface area contributed by atoms with Crippen molar-refractivity contribution in [3.8, 4) is 0 Å². The highest BCUT2D eigenvalue weighted by molar-refractivity contribution is 6.34. The molecule has 2 aromatic carbocycles. The first-order valence-electron chi connectivity index (χ1n) is 5.35. The van der Waals surface area contributed by atoms with E-state index in [0.29, 0.717) is 10.0 Å². The highest BCUT2D eigenvalue weighted by Gasteiger charge is 2.12. The highest BCUT2D eigenvalue weighted by Crippen LogP contribution is 2.27. The maximum absolute atomic E-state index is 6.24. The number of rotatable bonds is 2. The average molecular weight is 266 g/mol. The molecule has 0 amide bonds. The van der Waals surface area contributed by atoms with Crippen LogP contribution in [0, 0.1) is 6.92 Å². The molecule has 0 saturated carbocycles. The van der Waals surface area contributed by atoms with Crippen LogP contribution >= 0.6 is 23.2 Å². The molecule has 2 N–H and O–H groups in total. The second-order valence-corrected chi connectivity index (χ2v) is 4.91. The summed E-state index contributed by atoms with van der Waals surface area (Å²) in [4.78, 5) is 0. The zero-order valence-electron chi connectivity index (χ0n) is 9.45. The summed E-state index contributed by atoms with van der Waals surface area (Å²) in [5.41, 5.74) is 9.42. The molecule has 2 aromatic rings. The van der Waals surface area contributed by atoms with Gasteiger partial charge < -0.3 is 5.73 Å².